The van der Waals surface area contributed by atoms with Crippen molar-refractivity contribution >= 4 is 39.0 Å². The molecule has 0 radical (unpaired) electrons. The molecule has 354 valence electrons. The van der Waals surface area contributed by atoms with Crippen molar-refractivity contribution in [3.8, 4) is 67.0 Å². The molecule has 0 atom stereocenters. The first-order valence-electron chi connectivity index (χ1n) is 24.7. The number of pyridine rings is 1. The fraction of sp³-hybridized carbons (Fsp3) is 0.0735. The summed E-state index contributed by atoms with van der Waals surface area (Å²) in [5, 5.41) is 4.27. The number of hydrogen-bond acceptors (Lipinski definition) is 2. The number of aryl methyl sites for hydroxylation is 2. The summed E-state index contributed by atoms with van der Waals surface area (Å²) >= 11 is 0. The Morgan fingerprint density at radius 2 is 0.863 bits per heavy atom. The van der Waals surface area contributed by atoms with Crippen LogP contribution in [0.4, 0.5) is 24.5 Å². The third-order valence-corrected chi connectivity index (χ3v) is 14.0. The second-order valence-electron chi connectivity index (χ2n) is 18.6. The van der Waals surface area contributed by atoms with Crippen LogP contribution in [0.5, 0.6) is 0 Å². The summed E-state index contributed by atoms with van der Waals surface area (Å²) in [5.41, 5.74) is 17.9. The average Bonchev–Trinajstić information content (AvgIpc) is 3.44. The van der Waals surface area contributed by atoms with E-state index in [9.17, 15) is 13.2 Å². The van der Waals surface area contributed by atoms with E-state index in [2.05, 4.69) is 214 Å². The molecule has 0 aliphatic carbocycles. The number of alkyl halides is 3. The van der Waals surface area contributed by atoms with Crippen LogP contribution in [0, 0.1) is 6.92 Å². The highest BCUT2D eigenvalue weighted by Crippen LogP contribution is 2.42. The molecule has 0 N–H and O–H groups in total. The molecule has 11 rings (SSSR count). The van der Waals surface area contributed by atoms with Crippen molar-refractivity contribution in [3.05, 3.63) is 265 Å². The van der Waals surface area contributed by atoms with E-state index in [0.29, 0.717) is 0 Å². The van der Waals surface area contributed by atoms with Crippen molar-refractivity contribution in [3.63, 3.8) is 0 Å². The molecule has 0 amide bonds. The Labute approximate surface area is 425 Å². The second-order valence-corrected chi connectivity index (χ2v) is 18.6. The van der Waals surface area contributed by atoms with Crippen LogP contribution in [0.3, 0.4) is 0 Å². The largest absolute Gasteiger partial charge is 0.416 e. The van der Waals surface area contributed by atoms with Crippen molar-refractivity contribution in [1.29, 1.82) is 0 Å². The predicted molar refractivity (Wildman–Crippen MR) is 300 cm³/mol. The van der Waals surface area contributed by atoms with Gasteiger partial charge in [0, 0.05) is 22.5 Å². The van der Waals surface area contributed by atoms with Crippen molar-refractivity contribution in [2.75, 3.05) is 4.90 Å². The van der Waals surface area contributed by atoms with Gasteiger partial charge in [-0.15, -0.1) is 0 Å². The summed E-state index contributed by atoms with van der Waals surface area (Å²) in [6.07, 6.45) is -1.32. The van der Waals surface area contributed by atoms with Gasteiger partial charge in [0.1, 0.15) is 0 Å². The maximum atomic E-state index is 13.6. The van der Waals surface area contributed by atoms with Crippen LogP contribution in [0.1, 0.15) is 36.1 Å². The average molecular weight is 953 g/mol. The molecule has 0 bridgehead atoms. The maximum Gasteiger partial charge on any atom is 0.416 e. The van der Waals surface area contributed by atoms with Gasteiger partial charge in [-0.05, 0) is 152 Å². The van der Waals surface area contributed by atoms with Gasteiger partial charge >= 0.3 is 6.18 Å². The first kappa shape index (κ1) is 46.6. The van der Waals surface area contributed by atoms with Crippen LogP contribution in [-0.2, 0) is 12.6 Å². The van der Waals surface area contributed by atoms with E-state index >= 15 is 0 Å². The van der Waals surface area contributed by atoms with E-state index in [1.165, 1.54) is 5.56 Å². The molecule has 2 nitrogen and oxygen atoms in total. The highest BCUT2D eigenvalue weighted by atomic mass is 19.4. The fourth-order valence-corrected chi connectivity index (χ4v) is 10.2. The highest BCUT2D eigenvalue weighted by molar-refractivity contribution is 6.14. The molecule has 10 aromatic carbocycles. The lowest BCUT2D eigenvalue weighted by atomic mass is 9.89. The first-order valence-corrected chi connectivity index (χ1v) is 24.7. The molecule has 0 saturated heterocycles. The zero-order valence-corrected chi connectivity index (χ0v) is 40.8. The van der Waals surface area contributed by atoms with Crippen LogP contribution in [0.15, 0.2) is 242 Å². The standard InChI is InChI=1S/C68H51F3N2/c1-4-47-41-56(50-20-12-7-13-21-50)35-39-67(47)73(45(2)40-63-46(3)60-22-14-15-23-61(60)64-42-57(34-38-62(63)64)53-32-36-58(37-33-53)68(69,70)71)59-43-65(54-28-24-51(25-29-54)48-16-8-5-9-17-48)72-66(44-59)55-30-26-52(27-31-55)49-18-10-6-11-19-49/h5-44H,4H2,1-3H3/b45-40+. The minimum atomic E-state index is -4.41. The van der Waals surface area contributed by atoms with Crippen LogP contribution in [-0.4, -0.2) is 4.98 Å². The van der Waals surface area contributed by atoms with Crippen molar-refractivity contribution in [1.82, 2.24) is 4.98 Å². The Hall–Kier alpha value is -8.80. The van der Waals surface area contributed by atoms with Gasteiger partial charge in [-0.3, -0.25) is 0 Å². The van der Waals surface area contributed by atoms with E-state index < -0.39 is 11.7 Å². The van der Waals surface area contributed by atoms with E-state index in [0.717, 1.165) is 135 Å². The Morgan fingerprint density at radius 3 is 1.40 bits per heavy atom. The van der Waals surface area contributed by atoms with Gasteiger partial charge in [-0.2, -0.15) is 13.2 Å². The van der Waals surface area contributed by atoms with Gasteiger partial charge in [0.25, 0.3) is 0 Å². The van der Waals surface area contributed by atoms with Crippen molar-refractivity contribution < 1.29 is 13.2 Å². The van der Waals surface area contributed by atoms with E-state index in [1.807, 2.05) is 30.3 Å². The Morgan fingerprint density at radius 1 is 0.438 bits per heavy atom. The molecule has 0 spiro atoms. The van der Waals surface area contributed by atoms with E-state index in [1.54, 1.807) is 12.1 Å². The minimum absolute atomic E-state index is 0.665. The quantitative estimate of drug-likeness (QED) is 0.120. The topological polar surface area (TPSA) is 16.1 Å². The van der Waals surface area contributed by atoms with Crippen molar-refractivity contribution in [2.24, 2.45) is 0 Å². The molecular formula is C68H51F3N2. The molecular weight excluding hydrogens is 902 g/mol. The molecule has 5 heteroatoms. The van der Waals surface area contributed by atoms with Crippen molar-refractivity contribution in [2.45, 2.75) is 33.4 Å². The number of rotatable bonds is 11. The van der Waals surface area contributed by atoms with Crippen LogP contribution >= 0.6 is 0 Å². The van der Waals surface area contributed by atoms with Crippen LogP contribution < -0.4 is 4.90 Å². The number of halogens is 3. The molecule has 1 heterocycles. The molecule has 0 aliphatic rings. The Kier molecular flexibility index (Phi) is 12.6. The normalized spacial score (nSPS) is 11.8. The number of hydrogen-bond donors (Lipinski definition) is 0. The van der Waals surface area contributed by atoms with Crippen LogP contribution in [0.25, 0.3) is 94.6 Å². The molecule has 0 aliphatic heterocycles. The lowest BCUT2D eigenvalue weighted by molar-refractivity contribution is -0.137. The first-order chi connectivity index (χ1) is 35.6. The number of aromatic nitrogens is 1. The number of allylic oxidation sites excluding steroid dienone is 1. The fourth-order valence-electron chi connectivity index (χ4n) is 10.2. The summed E-state index contributed by atoms with van der Waals surface area (Å²) in [6.45, 7) is 6.58. The zero-order chi connectivity index (χ0) is 50.1. The lowest BCUT2D eigenvalue weighted by Crippen LogP contribution is -2.17. The number of nitrogens with zero attached hydrogens (tertiary/aromatic N) is 2. The van der Waals surface area contributed by atoms with Gasteiger partial charge in [0.15, 0.2) is 0 Å². The third kappa shape index (κ3) is 9.46. The monoisotopic (exact) mass is 952 g/mol. The molecule has 1 aromatic heterocycles. The molecule has 73 heavy (non-hydrogen) atoms. The lowest BCUT2D eigenvalue weighted by Gasteiger charge is -2.30. The summed E-state index contributed by atoms with van der Waals surface area (Å²) in [5.74, 6) is 0. The smallest absolute Gasteiger partial charge is 0.314 e. The molecule has 0 fully saturated rings. The minimum Gasteiger partial charge on any atom is -0.314 e. The molecule has 0 saturated carbocycles. The summed E-state index contributed by atoms with van der Waals surface area (Å²) in [7, 11) is 0. The Balaban J connectivity index is 1.12. The zero-order valence-electron chi connectivity index (χ0n) is 40.8. The highest BCUT2D eigenvalue weighted by Gasteiger charge is 2.30. The predicted octanol–water partition coefficient (Wildman–Crippen LogP) is 19.5. The van der Waals surface area contributed by atoms with E-state index in [-0.39, 0.29) is 0 Å². The second kappa shape index (κ2) is 19.8. The van der Waals surface area contributed by atoms with E-state index in [4.69, 9.17) is 4.98 Å². The van der Waals surface area contributed by atoms with Gasteiger partial charge in [0.2, 0.25) is 0 Å². The van der Waals surface area contributed by atoms with Gasteiger partial charge in [-0.25, -0.2) is 4.98 Å². The SMILES string of the molecule is CCc1cc(-c2ccccc2)ccc1N(/C(C)=C/c1c(C)c2ccccc2c2cc(-c3ccc(C(F)(F)F)cc3)ccc12)c1cc(-c2ccc(-c3ccccc3)cc2)nc(-c2ccc(-c3ccccc3)cc2)c1. The van der Waals surface area contributed by atoms with Crippen LogP contribution in [0.2, 0.25) is 0 Å². The maximum absolute atomic E-state index is 13.6. The summed E-state index contributed by atoms with van der Waals surface area (Å²) < 4.78 is 40.8. The summed E-state index contributed by atoms with van der Waals surface area (Å²) in [6, 6.07) is 80.0. The number of benzene rings is 10. The molecule has 11 aromatic rings. The van der Waals surface area contributed by atoms with Gasteiger partial charge in [0.05, 0.1) is 22.6 Å². The molecule has 0 unspecified atom stereocenters. The third-order valence-electron chi connectivity index (χ3n) is 14.0. The Bertz CT molecular complexity index is 3690. The summed E-state index contributed by atoms with van der Waals surface area (Å²) in [4.78, 5) is 7.82. The number of fused-ring (bicyclic) bond motifs is 3. The number of anilines is 2. The van der Waals surface area contributed by atoms with Gasteiger partial charge < -0.3 is 4.90 Å². The van der Waals surface area contributed by atoms with Gasteiger partial charge in [-0.1, -0.05) is 201 Å².